The second-order valence-corrected chi connectivity index (χ2v) is 3.54. The van der Waals surface area contributed by atoms with E-state index in [0.717, 1.165) is 0 Å². The molecule has 80 valence electrons. The van der Waals surface area contributed by atoms with Crippen molar-refractivity contribution in [3.63, 3.8) is 0 Å². The second-order valence-electron chi connectivity index (χ2n) is 3.54. The molecule has 3 N–H and O–H groups in total. The largest absolute Gasteiger partial charge is 0.394 e. The maximum Gasteiger partial charge on any atom is 0.142 e. The highest BCUT2D eigenvalue weighted by Gasteiger charge is 2.21. The predicted octanol–water partition coefficient (Wildman–Crippen LogP) is 0.108. The van der Waals surface area contributed by atoms with E-state index in [9.17, 15) is 0 Å². The molecule has 0 aliphatic rings. The van der Waals surface area contributed by atoms with Crippen LogP contribution in [0.5, 0.6) is 0 Å². The Balaban J connectivity index is 2.85. The number of pyridine rings is 1. The summed E-state index contributed by atoms with van der Waals surface area (Å²) in [5.74, 6) is 0. The minimum Gasteiger partial charge on any atom is -0.394 e. The van der Waals surface area contributed by atoms with Crippen molar-refractivity contribution in [1.29, 1.82) is 5.26 Å². The third kappa shape index (κ3) is 2.91. The Bertz CT molecular complexity index is 369. The maximum absolute atomic E-state index is 9.07. The van der Waals surface area contributed by atoms with Gasteiger partial charge in [0.2, 0.25) is 0 Å². The van der Waals surface area contributed by atoms with E-state index in [1.807, 2.05) is 6.07 Å². The van der Waals surface area contributed by atoms with Crippen LogP contribution in [0, 0.1) is 11.3 Å². The molecular formula is C10H13N3O2. The van der Waals surface area contributed by atoms with Gasteiger partial charge in [0.05, 0.1) is 18.8 Å². The first-order valence-electron chi connectivity index (χ1n) is 4.49. The van der Waals surface area contributed by atoms with Crippen LogP contribution in [-0.2, 0) is 0 Å². The van der Waals surface area contributed by atoms with E-state index < -0.39 is 5.54 Å². The van der Waals surface area contributed by atoms with E-state index in [2.05, 4.69) is 10.3 Å². The molecule has 0 unspecified atom stereocenters. The molecule has 1 rings (SSSR count). The summed E-state index contributed by atoms with van der Waals surface area (Å²) in [5.41, 5.74) is 0.138. The lowest BCUT2D eigenvalue weighted by Gasteiger charge is -2.27. The molecule has 0 spiro atoms. The van der Waals surface area contributed by atoms with Crippen LogP contribution in [0.25, 0.3) is 0 Å². The van der Waals surface area contributed by atoms with Gasteiger partial charge in [-0.25, -0.2) is 4.98 Å². The number of nitrogens with one attached hydrogen (secondary N) is 1. The van der Waals surface area contributed by atoms with Gasteiger partial charge in [0.15, 0.2) is 0 Å². The van der Waals surface area contributed by atoms with Crippen molar-refractivity contribution in [2.75, 3.05) is 18.5 Å². The highest BCUT2D eigenvalue weighted by atomic mass is 16.3. The lowest BCUT2D eigenvalue weighted by atomic mass is 10.1. The zero-order valence-corrected chi connectivity index (χ0v) is 8.44. The van der Waals surface area contributed by atoms with Crippen molar-refractivity contribution in [2.24, 2.45) is 0 Å². The molecule has 15 heavy (non-hydrogen) atoms. The van der Waals surface area contributed by atoms with E-state index in [4.69, 9.17) is 15.5 Å². The zero-order valence-electron chi connectivity index (χ0n) is 8.44. The Morgan fingerprint density at radius 3 is 2.73 bits per heavy atom. The summed E-state index contributed by atoms with van der Waals surface area (Å²) >= 11 is 0. The summed E-state index contributed by atoms with van der Waals surface area (Å²) < 4.78 is 0. The van der Waals surface area contributed by atoms with Crippen molar-refractivity contribution in [2.45, 2.75) is 12.5 Å². The molecule has 5 nitrogen and oxygen atoms in total. The topological polar surface area (TPSA) is 89.2 Å². The molecular weight excluding hydrogens is 194 g/mol. The van der Waals surface area contributed by atoms with Crippen LogP contribution >= 0.6 is 0 Å². The van der Waals surface area contributed by atoms with Crippen molar-refractivity contribution >= 4 is 5.69 Å². The summed E-state index contributed by atoms with van der Waals surface area (Å²) in [6.45, 7) is 1.28. The molecule has 0 amide bonds. The van der Waals surface area contributed by atoms with Crippen molar-refractivity contribution in [3.8, 4) is 6.07 Å². The van der Waals surface area contributed by atoms with Gasteiger partial charge in [0.1, 0.15) is 11.8 Å². The smallest absolute Gasteiger partial charge is 0.142 e. The van der Waals surface area contributed by atoms with Crippen LogP contribution < -0.4 is 5.32 Å². The fourth-order valence-corrected chi connectivity index (χ4v) is 1.05. The number of aromatic nitrogens is 1. The highest BCUT2D eigenvalue weighted by molar-refractivity contribution is 5.47. The molecule has 0 radical (unpaired) electrons. The number of nitriles is 1. The summed E-state index contributed by atoms with van der Waals surface area (Å²) in [6, 6.07) is 5.14. The van der Waals surface area contributed by atoms with Crippen LogP contribution in [0.3, 0.4) is 0 Å². The number of hydrogen-bond acceptors (Lipinski definition) is 5. The van der Waals surface area contributed by atoms with Gasteiger partial charge < -0.3 is 15.5 Å². The molecule has 0 bridgehead atoms. The van der Waals surface area contributed by atoms with Gasteiger partial charge in [0, 0.05) is 11.9 Å². The molecule has 0 aliphatic carbocycles. The molecule has 0 saturated heterocycles. The number of aliphatic hydroxyl groups is 2. The Kier molecular flexibility index (Phi) is 3.61. The third-order valence-corrected chi connectivity index (χ3v) is 2.02. The highest BCUT2D eigenvalue weighted by Crippen LogP contribution is 2.14. The van der Waals surface area contributed by atoms with Crippen molar-refractivity contribution < 1.29 is 10.2 Å². The first-order valence-corrected chi connectivity index (χ1v) is 4.49. The molecule has 0 atom stereocenters. The molecule has 0 fully saturated rings. The molecule has 1 aromatic heterocycles. The maximum atomic E-state index is 9.07. The van der Waals surface area contributed by atoms with Crippen LogP contribution in [-0.4, -0.2) is 33.9 Å². The number of aliphatic hydroxyl groups excluding tert-OH is 2. The van der Waals surface area contributed by atoms with Crippen molar-refractivity contribution in [1.82, 2.24) is 4.98 Å². The lowest BCUT2D eigenvalue weighted by molar-refractivity contribution is 0.147. The molecule has 0 aliphatic heterocycles. The summed E-state index contributed by atoms with van der Waals surface area (Å²) in [4.78, 5) is 3.81. The Labute approximate surface area is 88.0 Å². The number of nitrogens with zero attached hydrogens (tertiary/aromatic N) is 2. The summed E-state index contributed by atoms with van der Waals surface area (Å²) in [7, 11) is 0. The zero-order chi connectivity index (χ0) is 11.3. The molecule has 0 aromatic carbocycles. The summed E-state index contributed by atoms with van der Waals surface area (Å²) in [5, 5.41) is 29.7. The first kappa shape index (κ1) is 11.4. The monoisotopic (exact) mass is 207 g/mol. The van der Waals surface area contributed by atoms with E-state index in [1.54, 1.807) is 19.1 Å². The average Bonchev–Trinajstić information content (AvgIpc) is 2.29. The normalized spacial score (nSPS) is 10.8. The fraction of sp³-hybridized carbons (Fsp3) is 0.400. The van der Waals surface area contributed by atoms with Crippen LogP contribution in [0.2, 0.25) is 0 Å². The lowest BCUT2D eigenvalue weighted by Crippen LogP contribution is -2.42. The van der Waals surface area contributed by atoms with E-state index in [1.165, 1.54) is 6.20 Å². The van der Waals surface area contributed by atoms with Gasteiger partial charge >= 0.3 is 0 Å². The van der Waals surface area contributed by atoms with Gasteiger partial charge in [-0.05, 0) is 19.1 Å². The van der Waals surface area contributed by atoms with Gasteiger partial charge in [-0.2, -0.15) is 5.26 Å². The molecule has 1 heterocycles. The van der Waals surface area contributed by atoms with E-state index in [0.29, 0.717) is 11.4 Å². The summed E-state index contributed by atoms with van der Waals surface area (Å²) in [6.07, 6.45) is 1.50. The van der Waals surface area contributed by atoms with Crippen LogP contribution in [0.4, 0.5) is 5.69 Å². The van der Waals surface area contributed by atoms with E-state index in [-0.39, 0.29) is 13.2 Å². The Morgan fingerprint density at radius 2 is 2.20 bits per heavy atom. The predicted molar refractivity (Wildman–Crippen MR) is 55.2 cm³/mol. The number of hydrogen-bond donors (Lipinski definition) is 3. The van der Waals surface area contributed by atoms with Gasteiger partial charge in [-0.3, -0.25) is 0 Å². The second kappa shape index (κ2) is 4.73. The molecule has 5 heteroatoms. The standard InChI is InChI=1S/C10H13N3O2/c1-10(6-14,7-15)13-8-2-3-12-9(4-8)5-11/h2-4,14-15H,6-7H2,1H3,(H,12,13). The van der Waals surface area contributed by atoms with Crippen LogP contribution in [0.15, 0.2) is 18.3 Å². The number of anilines is 1. The quantitative estimate of drug-likeness (QED) is 0.652. The SMILES string of the molecule is CC(CO)(CO)Nc1ccnc(C#N)c1. The average molecular weight is 207 g/mol. The Morgan fingerprint density at radius 1 is 1.53 bits per heavy atom. The van der Waals surface area contributed by atoms with Gasteiger partial charge in [0.25, 0.3) is 0 Å². The number of rotatable bonds is 4. The minimum absolute atomic E-state index is 0.201. The third-order valence-electron chi connectivity index (χ3n) is 2.02. The molecule has 0 saturated carbocycles. The van der Waals surface area contributed by atoms with Crippen molar-refractivity contribution in [3.05, 3.63) is 24.0 Å². The van der Waals surface area contributed by atoms with Gasteiger partial charge in [-0.1, -0.05) is 0 Å². The van der Waals surface area contributed by atoms with E-state index >= 15 is 0 Å². The molecule has 1 aromatic rings. The van der Waals surface area contributed by atoms with Crippen LogP contribution in [0.1, 0.15) is 12.6 Å². The van der Waals surface area contributed by atoms with Gasteiger partial charge in [-0.15, -0.1) is 0 Å². The first-order chi connectivity index (χ1) is 7.13. The Hall–Kier alpha value is -1.64. The minimum atomic E-state index is -0.798. The fourth-order valence-electron chi connectivity index (χ4n) is 1.05.